The Labute approximate surface area is 68.1 Å². The molecule has 0 N–H and O–H groups in total. The van der Waals surface area contributed by atoms with Crippen LogP contribution >= 0.6 is 0 Å². The van der Waals surface area contributed by atoms with Gasteiger partial charge in [-0.15, -0.1) is 0 Å². The average Bonchev–Trinajstić information content (AvgIpc) is 1.59. The molecule has 0 heterocycles. The van der Waals surface area contributed by atoms with Crippen LogP contribution in [0.2, 0.25) is 35.5 Å². The normalized spacial score (nSPS) is 17.1. The third-order valence-corrected chi connectivity index (χ3v) is 18.3. The average molecular weight is 223 g/mol. The van der Waals surface area contributed by atoms with E-state index in [-0.39, 0.29) is 0 Å². The van der Waals surface area contributed by atoms with Gasteiger partial charge in [-0.2, -0.15) is 0 Å². The summed E-state index contributed by atoms with van der Waals surface area (Å²) in [6.45, 7) is 8.87. The van der Waals surface area contributed by atoms with Crippen molar-refractivity contribution in [3.63, 3.8) is 0 Å². The topological polar surface area (TPSA) is 0 Å². The predicted octanol–water partition coefficient (Wildman–Crippen LogP) is 3.43. The van der Waals surface area contributed by atoms with Crippen molar-refractivity contribution >= 4 is 21.8 Å². The fourth-order valence-electron chi connectivity index (χ4n) is 1.03. The molecule has 0 rings (SSSR count). The molecule has 0 spiro atoms. The van der Waals surface area contributed by atoms with Crippen LogP contribution in [0.4, 0.5) is 3.50 Å². The van der Waals surface area contributed by atoms with E-state index >= 15 is 0 Å². The minimum atomic E-state index is -2.80. The van der Waals surface area contributed by atoms with E-state index in [1.807, 2.05) is 11.5 Å². The van der Waals surface area contributed by atoms with Gasteiger partial charge in [-0.3, -0.25) is 0 Å². The summed E-state index contributed by atoms with van der Waals surface area (Å²) in [7, 11) is -1.19. The van der Waals surface area contributed by atoms with Gasteiger partial charge in [-0.1, -0.05) is 0 Å². The Morgan fingerprint density at radius 3 is 1.50 bits per heavy atom. The molecule has 0 aromatic heterocycles. The summed E-state index contributed by atoms with van der Waals surface area (Å²) < 4.78 is 13.9. The maximum atomic E-state index is 13.5. The third-order valence-electron chi connectivity index (χ3n) is 2.33. The zero-order valence-electron chi connectivity index (χ0n) is 7.96. The van der Waals surface area contributed by atoms with Gasteiger partial charge in [0.1, 0.15) is 0 Å². The Bertz CT molecular complexity index is 97.8. The zero-order valence-corrected chi connectivity index (χ0v) is 11.1. The van der Waals surface area contributed by atoms with Crippen molar-refractivity contribution in [2.24, 2.45) is 0 Å². The molecule has 0 nitrogen and oxygen atoms in total. The van der Waals surface area contributed by atoms with Gasteiger partial charge < -0.3 is 0 Å². The first kappa shape index (κ1) is 10.7. The van der Waals surface area contributed by atoms with Gasteiger partial charge in [0, 0.05) is 0 Å². The van der Waals surface area contributed by atoms with Crippen LogP contribution in [0, 0.1) is 0 Å². The molecule has 3 heteroatoms. The van der Waals surface area contributed by atoms with Crippen LogP contribution in [0.25, 0.3) is 0 Å². The van der Waals surface area contributed by atoms with E-state index in [2.05, 4.69) is 26.6 Å². The number of halogens is 1. The third kappa shape index (κ3) is 3.19. The van der Waals surface area contributed by atoms with Gasteiger partial charge in [-0.25, -0.2) is 0 Å². The van der Waals surface area contributed by atoms with Crippen LogP contribution in [0.5, 0.6) is 0 Å². The quantitative estimate of drug-likeness (QED) is 0.629. The molecule has 0 aliphatic carbocycles. The fraction of sp³-hybridized carbons (Fsp3) is 1.00. The van der Waals surface area contributed by atoms with Gasteiger partial charge in [0.05, 0.1) is 0 Å². The molecular weight excluding hydrogens is 204 g/mol. The molecule has 0 radical (unpaired) electrons. The Kier molecular flexibility index (Phi) is 3.18. The molecule has 0 saturated carbocycles. The van der Waals surface area contributed by atoms with Crippen LogP contribution in [0.1, 0.15) is 6.92 Å². The molecule has 0 amide bonds. The van der Waals surface area contributed by atoms with Gasteiger partial charge in [-0.05, 0) is 0 Å². The zero-order chi connectivity index (χ0) is 8.58. The second-order valence-corrected chi connectivity index (χ2v) is 19.8. The predicted molar refractivity (Wildman–Crippen MR) is 51.4 cm³/mol. The Hall–Kier alpha value is 0.690. The van der Waals surface area contributed by atoms with Crippen molar-refractivity contribution in [3.8, 4) is 0 Å². The van der Waals surface area contributed by atoms with Crippen molar-refractivity contribution in [3.05, 3.63) is 0 Å². The summed E-state index contributed by atoms with van der Waals surface area (Å²) in [4.78, 5) is 0. The minimum absolute atomic E-state index is 0.424. The molecule has 0 unspecified atom stereocenters. The molecular formula is C7H19FGeSi. The monoisotopic (exact) mass is 224 g/mol. The molecule has 0 aliphatic heterocycles. The van der Waals surface area contributed by atoms with E-state index in [4.69, 9.17) is 0 Å². The van der Waals surface area contributed by atoms with E-state index in [0.29, 0.717) is 4.37 Å². The molecule has 10 heavy (non-hydrogen) atoms. The molecule has 0 aromatic rings. The first-order valence-electron chi connectivity index (χ1n) is 3.84. The van der Waals surface area contributed by atoms with E-state index in [1.54, 1.807) is 0 Å². The van der Waals surface area contributed by atoms with E-state index in [1.165, 1.54) is 0 Å². The van der Waals surface area contributed by atoms with Crippen LogP contribution in [0.15, 0.2) is 0 Å². The number of rotatable bonds is 2. The molecule has 0 saturated heterocycles. The van der Waals surface area contributed by atoms with E-state index < -0.39 is 21.8 Å². The molecule has 0 bridgehead atoms. The molecule has 62 valence electrons. The van der Waals surface area contributed by atoms with Crippen molar-refractivity contribution < 1.29 is 3.50 Å². The van der Waals surface area contributed by atoms with Crippen LogP contribution in [-0.4, -0.2) is 21.8 Å². The van der Waals surface area contributed by atoms with Crippen molar-refractivity contribution in [2.75, 3.05) is 0 Å². The molecule has 1 atom stereocenters. The summed E-state index contributed by atoms with van der Waals surface area (Å²) in [6.07, 6.45) is 0. The van der Waals surface area contributed by atoms with Crippen molar-refractivity contribution in [1.82, 2.24) is 0 Å². The van der Waals surface area contributed by atoms with Crippen LogP contribution < -0.4 is 0 Å². The maximum absolute atomic E-state index is 13.5. The first-order valence-corrected chi connectivity index (χ1v) is 13.6. The number of hydrogen-bond acceptors (Lipinski definition) is 0. The summed E-state index contributed by atoms with van der Waals surface area (Å²) in [6, 6.07) is 0. The Morgan fingerprint density at radius 1 is 1.20 bits per heavy atom. The van der Waals surface area contributed by atoms with Crippen LogP contribution in [-0.2, 0) is 0 Å². The summed E-state index contributed by atoms with van der Waals surface area (Å²) >= 11 is -2.80. The van der Waals surface area contributed by atoms with E-state index in [9.17, 15) is 3.50 Å². The molecule has 0 aromatic carbocycles. The second kappa shape index (κ2) is 2.97. The van der Waals surface area contributed by atoms with Gasteiger partial charge in [0.15, 0.2) is 0 Å². The van der Waals surface area contributed by atoms with Crippen LogP contribution in [0.3, 0.4) is 0 Å². The van der Waals surface area contributed by atoms with Gasteiger partial charge >= 0.3 is 67.8 Å². The van der Waals surface area contributed by atoms with Gasteiger partial charge in [0.2, 0.25) is 0 Å². The van der Waals surface area contributed by atoms with Gasteiger partial charge in [0.25, 0.3) is 0 Å². The van der Waals surface area contributed by atoms with Crippen molar-refractivity contribution in [1.29, 1.82) is 0 Å². The number of hydrogen-bond donors (Lipinski definition) is 0. The van der Waals surface area contributed by atoms with E-state index in [0.717, 1.165) is 0 Å². The van der Waals surface area contributed by atoms with Crippen molar-refractivity contribution in [2.45, 2.75) is 42.5 Å². The summed E-state index contributed by atoms with van der Waals surface area (Å²) in [5, 5.41) is 0. The standard InChI is InChI=1S/C7H19FGeSi/c1-7(9(2,3)8)10(4,5)6/h7H,1-6H3/t7-/m1/s1. The first-order chi connectivity index (χ1) is 4.15. The molecule has 0 fully saturated rings. The Balaban J connectivity index is 4.23. The second-order valence-electron chi connectivity index (χ2n) is 4.65. The Morgan fingerprint density at radius 2 is 1.50 bits per heavy atom. The summed E-state index contributed by atoms with van der Waals surface area (Å²) in [5.41, 5.74) is 0. The molecule has 0 aliphatic rings. The SMILES string of the molecule is C[C@@H]([Si](C)(C)C)[Ge]([CH3])([CH3])[F]. The summed E-state index contributed by atoms with van der Waals surface area (Å²) in [5.74, 6) is 3.73. The fourth-order valence-corrected chi connectivity index (χ4v) is 16.1.